The molecule has 2 rings (SSSR count). The van der Waals surface area contributed by atoms with Gasteiger partial charge in [-0.05, 0) is 25.3 Å². The van der Waals surface area contributed by atoms with Crippen LogP contribution in [0, 0.1) is 0 Å². The fraction of sp³-hybridized carbons (Fsp3) is 0.667. The third-order valence-electron chi connectivity index (χ3n) is 3.63. The molecule has 0 unspecified atom stereocenters. The minimum atomic E-state index is 0.114. The smallest absolute Gasteiger partial charge is 0.0880 e. The average molecular weight is 392 g/mol. The van der Waals surface area contributed by atoms with E-state index in [1.807, 2.05) is 6.08 Å². The number of hydrogen-bond donors (Lipinski definition) is 0. The minimum Gasteiger partial charge on any atom is -0.371 e. The first-order chi connectivity index (χ1) is 9.24. The lowest BCUT2D eigenvalue weighted by atomic mass is 10.1. The van der Waals surface area contributed by atoms with Crippen LogP contribution in [0.5, 0.6) is 0 Å². The predicted molar refractivity (Wildman–Crippen MR) is 84.9 cm³/mol. The Kier molecular flexibility index (Phi) is 6.37. The maximum atomic E-state index is 6.29. The van der Waals surface area contributed by atoms with Crippen LogP contribution in [0.25, 0.3) is 0 Å². The van der Waals surface area contributed by atoms with E-state index in [1.54, 1.807) is 4.99 Å². The molecule has 2 aliphatic heterocycles. The summed E-state index contributed by atoms with van der Waals surface area (Å²) >= 11 is 6.97. The second-order valence-electron chi connectivity index (χ2n) is 4.97. The minimum absolute atomic E-state index is 0.114. The van der Waals surface area contributed by atoms with Crippen LogP contribution in [0.1, 0.15) is 32.6 Å². The quantitative estimate of drug-likeness (QED) is 0.392. The van der Waals surface area contributed by atoms with Gasteiger partial charge in [0.05, 0.1) is 24.4 Å². The summed E-state index contributed by atoms with van der Waals surface area (Å²) in [6.07, 6.45) is 11.0. The van der Waals surface area contributed by atoms with Crippen molar-refractivity contribution in [1.82, 2.24) is 0 Å². The van der Waals surface area contributed by atoms with Crippen molar-refractivity contribution in [3.8, 4) is 0 Å². The SMILES string of the molecule is CC[C@@H]1O[C@H]2C[C@@H](C=C=CBr)O[C@H]2C/C=C\C[C@H]1Br. The van der Waals surface area contributed by atoms with E-state index < -0.39 is 0 Å². The Morgan fingerprint density at radius 3 is 2.79 bits per heavy atom. The monoisotopic (exact) mass is 390 g/mol. The summed E-state index contributed by atoms with van der Waals surface area (Å²) in [5.41, 5.74) is 3.04. The highest BCUT2D eigenvalue weighted by molar-refractivity contribution is 9.11. The first-order valence-corrected chi connectivity index (χ1v) is 8.69. The van der Waals surface area contributed by atoms with E-state index in [9.17, 15) is 0 Å². The highest BCUT2D eigenvalue weighted by atomic mass is 79.9. The lowest BCUT2D eigenvalue weighted by Crippen LogP contribution is -2.32. The van der Waals surface area contributed by atoms with E-state index in [1.165, 1.54) is 0 Å². The molecule has 2 heterocycles. The molecule has 0 bridgehead atoms. The molecule has 106 valence electrons. The Morgan fingerprint density at radius 2 is 2.05 bits per heavy atom. The van der Waals surface area contributed by atoms with Crippen LogP contribution in [0.4, 0.5) is 0 Å². The molecule has 0 amide bonds. The number of allylic oxidation sites excluding steroid dienone is 1. The van der Waals surface area contributed by atoms with Crippen molar-refractivity contribution in [2.45, 2.75) is 61.9 Å². The lowest BCUT2D eigenvalue weighted by molar-refractivity contribution is -0.0522. The first kappa shape index (κ1) is 15.5. The predicted octanol–water partition coefficient (Wildman–Crippen LogP) is 4.48. The average Bonchev–Trinajstić information content (AvgIpc) is 2.81. The van der Waals surface area contributed by atoms with Gasteiger partial charge in [-0.3, -0.25) is 0 Å². The summed E-state index contributed by atoms with van der Waals surface area (Å²) in [6.45, 7) is 2.18. The number of fused-ring (bicyclic) bond motifs is 1. The standard InChI is InChI=1S/C15H20Br2O2/c1-2-13-12(17)7-3-4-8-14-15(19-13)10-11(18-14)6-5-9-16/h3-4,6,9,11-15H,2,7-8,10H2,1H3/b4-3-/t5?,11-,12-,13+,14+,15+/m1/s1. The summed E-state index contributed by atoms with van der Waals surface area (Å²) in [4.78, 5) is 2.12. The van der Waals surface area contributed by atoms with E-state index >= 15 is 0 Å². The molecule has 0 aromatic carbocycles. The molecule has 2 aliphatic rings. The Balaban J connectivity index is 2.08. The topological polar surface area (TPSA) is 18.5 Å². The maximum absolute atomic E-state index is 6.29. The van der Waals surface area contributed by atoms with Crippen molar-refractivity contribution < 1.29 is 9.47 Å². The molecular formula is C15H20Br2O2. The van der Waals surface area contributed by atoms with Gasteiger partial charge >= 0.3 is 0 Å². The number of hydrogen-bond acceptors (Lipinski definition) is 2. The van der Waals surface area contributed by atoms with Crippen LogP contribution in [-0.2, 0) is 9.47 Å². The number of rotatable bonds is 2. The van der Waals surface area contributed by atoms with Crippen molar-refractivity contribution in [3.63, 3.8) is 0 Å². The van der Waals surface area contributed by atoms with Crippen molar-refractivity contribution in [3.05, 3.63) is 28.9 Å². The molecule has 1 saturated heterocycles. The first-order valence-electron chi connectivity index (χ1n) is 6.85. The second kappa shape index (κ2) is 7.80. The van der Waals surface area contributed by atoms with Gasteiger partial charge in [-0.25, -0.2) is 0 Å². The van der Waals surface area contributed by atoms with Crippen molar-refractivity contribution in [2.75, 3.05) is 0 Å². The molecule has 1 fully saturated rings. The highest BCUT2D eigenvalue weighted by Gasteiger charge is 2.37. The van der Waals surface area contributed by atoms with Crippen LogP contribution in [0.15, 0.2) is 28.9 Å². The Bertz CT molecular complexity index is 374. The van der Waals surface area contributed by atoms with Crippen LogP contribution >= 0.6 is 31.9 Å². The molecule has 19 heavy (non-hydrogen) atoms. The van der Waals surface area contributed by atoms with Crippen LogP contribution in [0.2, 0.25) is 0 Å². The largest absolute Gasteiger partial charge is 0.371 e. The van der Waals surface area contributed by atoms with Crippen molar-refractivity contribution in [1.29, 1.82) is 0 Å². The Labute approximate surface area is 132 Å². The third kappa shape index (κ3) is 4.30. The molecule has 0 spiro atoms. The van der Waals surface area contributed by atoms with E-state index in [0.29, 0.717) is 4.83 Å². The molecule has 0 aromatic heterocycles. The second-order valence-corrected chi connectivity index (χ2v) is 6.61. The molecule has 0 aliphatic carbocycles. The van der Waals surface area contributed by atoms with Gasteiger partial charge in [0, 0.05) is 16.2 Å². The summed E-state index contributed by atoms with van der Waals surface area (Å²) in [6, 6.07) is 0. The van der Waals surface area contributed by atoms with Crippen molar-refractivity contribution in [2.24, 2.45) is 0 Å². The zero-order valence-electron chi connectivity index (χ0n) is 11.1. The fourth-order valence-electron chi connectivity index (χ4n) is 2.62. The van der Waals surface area contributed by atoms with Gasteiger partial charge in [-0.2, -0.15) is 0 Å². The fourth-order valence-corrected chi connectivity index (χ4v) is 3.49. The zero-order valence-corrected chi connectivity index (χ0v) is 14.3. The van der Waals surface area contributed by atoms with Crippen molar-refractivity contribution >= 4 is 31.9 Å². The Morgan fingerprint density at radius 1 is 1.26 bits per heavy atom. The van der Waals surface area contributed by atoms with Gasteiger partial charge in [0.2, 0.25) is 0 Å². The van der Waals surface area contributed by atoms with Gasteiger partial charge in [0.1, 0.15) is 0 Å². The maximum Gasteiger partial charge on any atom is 0.0880 e. The number of halogens is 2. The molecule has 0 radical (unpaired) electrons. The van der Waals surface area contributed by atoms with Gasteiger partial charge < -0.3 is 9.47 Å². The van der Waals surface area contributed by atoms with Gasteiger partial charge in [0.15, 0.2) is 0 Å². The highest BCUT2D eigenvalue weighted by Crippen LogP contribution is 2.31. The molecule has 2 nitrogen and oxygen atoms in total. The summed E-state index contributed by atoms with van der Waals surface area (Å²) < 4.78 is 12.3. The normalized spacial score (nSPS) is 40.3. The molecule has 0 saturated carbocycles. The molecule has 5 atom stereocenters. The van der Waals surface area contributed by atoms with Crippen LogP contribution in [-0.4, -0.2) is 29.2 Å². The number of ether oxygens (including phenoxy) is 2. The summed E-state index contributed by atoms with van der Waals surface area (Å²) in [5, 5.41) is 0. The van der Waals surface area contributed by atoms with Gasteiger partial charge in [-0.1, -0.05) is 50.9 Å². The Hall–Kier alpha value is 0.140. The van der Waals surface area contributed by atoms with Gasteiger partial charge in [0.25, 0.3) is 0 Å². The van der Waals surface area contributed by atoms with Crippen LogP contribution in [0.3, 0.4) is 0 Å². The molecule has 4 heteroatoms. The summed E-state index contributed by atoms with van der Waals surface area (Å²) in [5.74, 6) is 0. The van der Waals surface area contributed by atoms with E-state index in [4.69, 9.17) is 9.47 Å². The third-order valence-corrected chi connectivity index (χ3v) is 4.85. The summed E-state index contributed by atoms with van der Waals surface area (Å²) in [7, 11) is 0. The molecule has 0 N–H and O–H groups in total. The molecular weight excluding hydrogens is 372 g/mol. The van der Waals surface area contributed by atoms with Crippen LogP contribution < -0.4 is 0 Å². The van der Waals surface area contributed by atoms with Gasteiger partial charge in [-0.15, -0.1) is 5.73 Å². The lowest BCUT2D eigenvalue weighted by Gasteiger charge is -2.26. The van der Waals surface area contributed by atoms with E-state index in [0.717, 1.165) is 25.7 Å². The molecule has 0 aromatic rings. The van der Waals surface area contributed by atoms with E-state index in [2.05, 4.69) is 56.7 Å². The number of alkyl halides is 1. The van der Waals surface area contributed by atoms with E-state index in [-0.39, 0.29) is 24.4 Å². The zero-order chi connectivity index (χ0) is 13.7.